The molecule has 0 saturated carbocycles. The summed E-state index contributed by atoms with van der Waals surface area (Å²) >= 11 is 0. The van der Waals surface area contributed by atoms with Gasteiger partial charge in [-0.25, -0.2) is 0 Å². The number of hydrogen-bond donors (Lipinski definition) is 0. The SMILES string of the molecule is CC[C@@H](/C=C/C(C)(C)C)C(C)C(C)[C@@H](C)CC1C=CC=CC1. The van der Waals surface area contributed by atoms with Gasteiger partial charge in [-0.05, 0) is 54.3 Å². The Morgan fingerprint density at radius 1 is 1.09 bits per heavy atom. The van der Waals surface area contributed by atoms with Gasteiger partial charge in [0.25, 0.3) is 0 Å². The predicted octanol–water partition coefficient (Wildman–Crippen LogP) is 7.05. The van der Waals surface area contributed by atoms with E-state index in [0.29, 0.717) is 11.3 Å². The maximum atomic E-state index is 2.48. The highest BCUT2D eigenvalue weighted by molar-refractivity contribution is 5.11. The van der Waals surface area contributed by atoms with Crippen molar-refractivity contribution in [2.75, 3.05) is 0 Å². The Kier molecular flexibility index (Phi) is 7.66. The van der Waals surface area contributed by atoms with Crippen LogP contribution in [-0.4, -0.2) is 0 Å². The highest BCUT2D eigenvalue weighted by atomic mass is 14.3. The van der Waals surface area contributed by atoms with Crippen molar-refractivity contribution >= 4 is 0 Å². The zero-order valence-corrected chi connectivity index (χ0v) is 16.0. The lowest BCUT2D eigenvalue weighted by Gasteiger charge is -2.32. The molecule has 0 aromatic rings. The van der Waals surface area contributed by atoms with Crippen LogP contribution in [0.15, 0.2) is 36.5 Å². The topological polar surface area (TPSA) is 0 Å². The molecule has 1 rings (SSSR count). The van der Waals surface area contributed by atoms with E-state index in [4.69, 9.17) is 0 Å². The van der Waals surface area contributed by atoms with Crippen molar-refractivity contribution in [3.8, 4) is 0 Å². The molecule has 22 heavy (non-hydrogen) atoms. The van der Waals surface area contributed by atoms with Crippen LogP contribution in [0.2, 0.25) is 0 Å². The lowest BCUT2D eigenvalue weighted by Crippen LogP contribution is -2.24. The summed E-state index contributed by atoms with van der Waals surface area (Å²) in [6, 6.07) is 0. The molecule has 0 radical (unpaired) electrons. The lowest BCUT2D eigenvalue weighted by atomic mass is 9.73. The zero-order valence-electron chi connectivity index (χ0n) is 16.0. The molecule has 3 unspecified atom stereocenters. The average Bonchev–Trinajstić information content (AvgIpc) is 2.46. The van der Waals surface area contributed by atoms with Gasteiger partial charge < -0.3 is 0 Å². The lowest BCUT2D eigenvalue weighted by molar-refractivity contribution is 0.204. The molecule has 1 aliphatic carbocycles. The third kappa shape index (κ3) is 6.55. The van der Waals surface area contributed by atoms with E-state index in [0.717, 1.165) is 23.7 Å². The van der Waals surface area contributed by atoms with Crippen molar-refractivity contribution in [2.24, 2.45) is 35.0 Å². The summed E-state index contributed by atoms with van der Waals surface area (Å²) in [5.74, 6) is 3.77. The van der Waals surface area contributed by atoms with E-state index in [1.165, 1.54) is 19.3 Å². The van der Waals surface area contributed by atoms with Crippen LogP contribution in [0.25, 0.3) is 0 Å². The summed E-state index contributed by atoms with van der Waals surface area (Å²) in [6.07, 6.45) is 17.8. The second kappa shape index (κ2) is 8.75. The molecule has 0 heterocycles. The Labute approximate surface area is 139 Å². The van der Waals surface area contributed by atoms with Gasteiger partial charge >= 0.3 is 0 Å². The molecule has 0 aliphatic heterocycles. The van der Waals surface area contributed by atoms with Crippen molar-refractivity contribution in [3.05, 3.63) is 36.5 Å². The van der Waals surface area contributed by atoms with Gasteiger partial charge in [-0.1, -0.05) is 84.9 Å². The summed E-state index contributed by atoms with van der Waals surface area (Å²) in [5, 5.41) is 0. The fraction of sp³-hybridized carbons (Fsp3) is 0.727. The zero-order chi connectivity index (χ0) is 16.8. The summed E-state index contributed by atoms with van der Waals surface area (Å²) < 4.78 is 0. The van der Waals surface area contributed by atoms with Crippen LogP contribution in [0.3, 0.4) is 0 Å². The first kappa shape index (κ1) is 19.3. The van der Waals surface area contributed by atoms with Crippen molar-refractivity contribution < 1.29 is 0 Å². The molecular weight excluding hydrogens is 264 g/mol. The van der Waals surface area contributed by atoms with Gasteiger partial charge in [0.15, 0.2) is 0 Å². The van der Waals surface area contributed by atoms with E-state index in [-0.39, 0.29) is 0 Å². The molecule has 0 nitrogen and oxygen atoms in total. The molecule has 0 bridgehead atoms. The van der Waals surface area contributed by atoms with Crippen LogP contribution in [0.5, 0.6) is 0 Å². The van der Waals surface area contributed by atoms with E-state index in [1.807, 2.05) is 0 Å². The van der Waals surface area contributed by atoms with E-state index < -0.39 is 0 Å². The molecule has 1 aliphatic rings. The van der Waals surface area contributed by atoms with E-state index in [1.54, 1.807) is 0 Å². The van der Waals surface area contributed by atoms with Gasteiger partial charge in [-0.3, -0.25) is 0 Å². The average molecular weight is 303 g/mol. The summed E-state index contributed by atoms with van der Waals surface area (Å²) in [7, 11) is 0. The summed E-state index contributed by atoms with van der Waals surface area (Å²) in [4.78, 5) is 0. The molecule has 5 atom stereocenters. The van der Waals surface area contributed by atoms with E-state index in [2.05, 4.69) is 84.9 Å². The first-order valence-corrected chi connectivity index (χ1v) is 9.27. The Hall–Kier alpha value is -0.780. The Morgan fingerprint density at radius 2 is 1.77 bits per heavy atom. The molecule has 0 N–H and O–H groups in total. The smallest absolute Gasteiger partial charge is 0.0193 e. The number of hydrogen-bond acceptors (Lipinski definition) is 0. The number of allylic oxidation sites excluding steroid dienone is 6. The molecule has 126 valence electrons. The summed E-state index contributed by atoms with van der Waals surface area (Å²) in [6.45, 7) is 16.6. The Morgan fingerprint density at radius 3 is 2.27 bits per heavy atom. The molecule has 0 aromatic heterocycles. The second-order valence-electron chi connectivity index (χ2n) is 8.54. The minimum Gasteiger partial charge on any atom is -0.0846 e. The van der Waals surface area contributed by atoms with Crippen LogP contribution in [-0.2, 0) is 0 Å². The predicted molar refractivity (Wildman–Crippen MR) is 101 cm³/mol. The van der Waals surface area contributed by atoms with Crippen LogP contribution >= 0.6 is 0 Å². The maximum Gasteiger partial charge on any atom is -0.0193 e. The van der Waals surface area contributed by atoms with Crippen LogP contribution in [0, 0.1) is 35.0 Å². The first-order valence-electron chi connectivity index (χ1n) is 9.27. The van der Waals surface area contributed by atoms with Gasteiger partial charge in [0.1, 0.15) is 0 Å². The molecule has 0 heteroatoms. The fourth-order valence-corrected chi connectivity index (χ4v) is 3.50. The largest absolute Gasteiger partial charge is 0.0846 e. The van der Waals surface area contributed by atoms with E-state index in [9.17, 15) is 0 Å². The molecule has 0 aromatic carbocycles. The van der Waals surface area contributed by atoms with Gasteiger partial charge in [-0.2, -0.15) is 0 Å². The van der Waals surface area contributed by atoms with Crippen molar-refractivity contribution in [1.29, 1.82) is 0 Å². The molecule has 0 saturated heterocycles. The van der Waals surface area contributed by atoms with Crippen LogP contribution in [0.4, 0.5) is 0 Å². The standard InChI is InChI=1S/C22H38/c1-8-21(14-15-22(5,6)7)19(4)18(3)17(2)16-20-12-10-9-11-13-20/h9-12,14-15,17-21H,8,13,16H2,1-7H3/b15-14+/t17-,18?,19?,20?,21-/m0/s1. The fourth-order valence-electron chi connectivity index (χ4n) is 3.50. The minimum atomic E-state index is 0.293. The van der Waals surface area contributed by atoms with Crippen molar-refractivity contribution in [3.63, 3.8) is 0 Å². The van der Waals surface area contributed by atoms with Gasteiger partial charge in [-0.15, -0.1) is 0 Å². The highest BCUT2D eigenvalue weighted by Gasteiger charge is 2.25. The van der Waals surface area contributed by atoms with Crippen molar-refractivity contribution in [2.45, 2.75) is 67.7 Å². The first-order chi connectivity index (χ1) is 10.2. The maximum absolute atomic E-state index is 2.48. The minimum absolute atomic E-state index is 0.293. The van der Waals surface area contributed by atoms with Gasteiger partial charge in [0, 0.05) is 0 Å². The van der Waals surface area contributed by atoms with Crippen LogP contribution in [0.1, 0.15) is 67.7 Å². The molecule has 0 spiro atoms. The second-order valence-corrected chi connectivity index (χ2v) is 8.54. The monoisotopic (exact) mass is 302 g/mol. The van der Waals surface area contributed by atoms with Crippen molar-refractivity contribution in [1.82, 2.24) is 0 Å². The van der Waals surface area contributed by atoms with Gasteiger partial charge in [0.05, 0.1) is 0 Å². The van der Waals surface area contributed by atoms with Gasteiger partial charge in [0.2, 0.25) is 0 Å². The third-order valence-electron chi connectivity index (χ3n) is 5.46. The third-order valence-corrected chi connectivity index (χ3v) is 5.46. The molecule has 0 fully saturated rings. The number of rotatable bonds is 7. The Balaban J connectivity index is 2.60. The summed E-state index contributed by atoms with van der Waals surface area (Å²) in [5.41, 5.74) is 0.293. The van der Waals surface area contributed by atoms with Crippen LogP contribution < -0.4 is 0 Å². The molecule has 0 amide bonds. The Bertz CT molecular complexity index is 391. The molecular formula is C22H38. The highest BCUT2D eigenvalue weighted by Crippen LogP contribution is 2.34. The normalized spacial score (nSPS) is 24.4. The quantitative estimate of drug-likeness (QED) is 0.442. The van der Waals surface area contributed by atoms with E-state index >= 15 is 0 Å².